The molecule has 0 saturated heterocycles. The number of carbonyl (C=O) groups is 1. The number of aromatic nitrogens is 3. The van der Waals surface area contributed by atoms with Gasteiger partial charge in [0.1, 0.15) is 25.0 Å². The SMILES string of the molecule is N#Cc1c(COC(=O)Cn2nc(-c3ccc(F)cc3)oc2=O)cn2ccccc12. The predicted octanol–water partition coefficient (Wildman–Crippen LogP) is 2.51. The minimum atomic E-state index is -0.839. The van der Waals surface area contributed by atoms with Crippen molar-refractivity contribution in [1.82, 2.24) is 14.2 Å². The molecule has 0 saturated carbocycles. The largest absolute Gasteiger partial charge is 0.459 e. The summed E-state index contributed by atoms with van der Waals surface area (Å²) in [6.45, 7) is -0.584. The molecule has 1 aromatic carbocycles. The first-order chi connectivity index (χ1) is 14.0. The molecule has 0 amide bonds. The number of halogens is 1. The molecular formula is C20H13FN4O4. The number of rotatable bonds is 5. The van der Waals surface area contributed by atoms with E-state index < -0.39 is 24.1 Å². The van der Waals surface area contributed by atoms with Crippen molar-refractivity contribution in [3.8, 4) is 17.5 Å². The van der Waals surface area contributed by atoms with Crippen LogP contribution in [0.3, 0.4) is 0 Å². The van der Waals surface area contributed by atoms with Crippen LogP contribution in [-0.4, -0.2) is 20.2 Å². The molecule has 0 bridgehead atoms. The Hall–Kier alpha value is -4.19. The fourth-order valence-corrected chi connectivity index (χ4v) is 2.86. The maximum atomic E-state index is 13.0. The smallest absolute Gasteiger partial charge is 0.437 e. The molecule has 3 aromatic heterocycles. The summed E-state index contributed by atoms with van der Waals surface area (Å²) in [7, 11) is 0. The van der Waals surface area contributed by atoms with Gasteiger partial charge in [0, 0.05) is 23.5 Å². The lowest BCUT2D eigenvalue weighted by atomic mass is 10.2. The van der Waals surface area contributed by atoms with Crippen molar-refractivity contribution in [2.75, 3.05) is 0 Å². The second-order valence-corrected chi connectivity index (χ2v) is 6.13. The highest BCUT2D eigenvalue weighted by molar-refractivity contribution is 5.70. The third kappa shape index (κ3) is 3.64. The van der Waals surface area contributed by atoms with Gasteiger partial charge in [-0.1, -0.05) is 6.07 Å². The lowest BCUT2D eigenvalue weighted by molar-refractivity contribution is -0.146. The molecule has 3 heterocycles. The van der Waals surface area contributed by atoms with Crippen molar-refractivity contribution in [3.05, 3.63) is 82.4 Å². The lowest BCUT2D eigenvalue weighted by Gasteiger charge is -2.03. The number of esters is 1. The molecule has 0 aliphatic carbocycles. The van der Waals surface area contributed by atoms with Gasteiger partial charge >= 0.3 is 11.7 Å². The Morgan fingerprint density at radius 2 is 2.03 bits per heavy atom. The van der Waals surface area contributed by atoms with E-state index in [0.717, 1.165) is 4.68 Å². The average molecular weight is 392 g/mol. The molecule has 0 unspecified atom stereocenters. The maximum Gasteiger partial charge on any atom is 0.437 e. The number of benzene rings is 1. The number of nitrogens with zero attached hydrogens (tertiary/aromatic N) is 4. The fourth-order valence-electron chi connectivity index (χ4n) is 2.86. The standard InChI is InChI=1S/C20H13FN4O4/c21-15-6-4-13(5-7-15)19-23-25(20(27)29-19)11-18(26)28-12-14-10-24-8-2-1-3-17(24)16(14)9-22/h1-8,10H,11-12H2. The van der Waals surface area contributed by atoms with Crippen LogP contribution in [0.1, 0.15) is 11.1 Å². The van der Waals surface area contributed by atoms with Crippen molar-refractivity contribution in [3.63, 3.8) is 0 Å². The molecule has 0 fully saturated rings. The van der Waals surface area contributed by atoms with E-state index in [-0.39, 0.29) is 12.5 Å². The van der Waals surface area contributed by atoms with Crippen LogP contribution < -0.4 is 5.76 Å². The number of nitriles is 1. The second-order valence-electron chi connectivity index (χ2n) is 6.13. The van der Waals surface area contributed by atoms with E-state index in [0.29, 0.717) is 22.2 Å². The lowest BCUT2D eigenvalue weighted by Crippen LogP contribution is -2.23. The van der Waals surface area contributed by atoms with Crippen LogP contribution in [0, 0.1) is 17.1 Å². The van der Waals surface area contributed by atoms with Crippen LogP contribution in [0.15, 0.2) is 64.1 Å². The highest BCUT2D eigenvalue weighted by Gasteiger charge is 2.16. The van der Waals surface area contributed by atoms with E-state index in [1.807, 2.05) is 12.1 Å². The van der Waals surface area contributed by atoms with Crippen LogP contribution in [0.25, 0.3) is 17.0 Å². The Morgan fingerprint density at radius 3 is 2.79 bits per heavy atom. The number of hydrogen-bond acceptors (Lipinski definition) is 6. The molecule has 29 heavy (non-hydrogen) atoms. The van der Waals surface area contributed by atoms with E-state index in [2.05, 4.69) is 11.2 Å². The summed E-state index contributed by atoms with van der Waals surface area (Å²) < 4.78 is 25.8. The van der Waals surface area contributed by atoms with E-state index in [1.54, 1.807) is 22.9 Å². The predicted molar refractivity (Wildman–Crippen MR) is 98.1 cm³/mol. The molecule has 0 N–H and O–H groups in total. The Kier molecular flexibility index (Phi) is 4.66. The Bertz CT molecular complexity index is 1290. The zero-order chi connectivity index (χ0) is 20.4. The van der Waals surface area contributed by atoms with Gasteiger partial charge in [0.25, 0.3) is 0 Å². The van der Waals surface area contributed by atoms with Gasteiger partial charge in [0.05, 0.1) is 11.1 Å². The molecule has 4 aromatic rings. The van der Waals surface area contributed by atoms with Gasteiger partial charge < -0.3 is 13.6 Å². The monoisotopic (exact) mass is 392 g/mol. The normalized spacial score (nSPS) is 10.8. The fraction of sp³-hybridized carbons (Fsp3) is 0.100. The van der Waals surface area contributed by atoms with Crippen LogP contribution in [0.5, 0.6) is 0 Å². The second kappa shape index (κ2) is 7.44. The van der Waals surface area contributed by atoms with Crippen LogP contribution in [-0.2, 0) is 22.7 Å². The van der Waals surface area contributed by atoms with Gasteiger partial charge in [-0.05, 0) is 36.4 Å². The van der Waals surface area contributed by atoms with Gasteiger partial charge in [0.15, 0.2) is 0 Å². The summed E-state index contributed by atoms with van der Waals surface area (Å²) >= 11 is 0. The van der Waals surface area contributed by atoms with Crippen LogP contribution >= 0.6 is 0 Å². The van der Waals surface area contributed by atoms with Gasteiger partial charge in [-0.25, -0.2) is 9.18 Å². The summed E-state index contributed by atoms with van der Waals surface area (Å²) in [5.41, 5.74) is 2.06. The highest BCUT2D eigenvalue weighted by atomic mass is 19.1. The van der Waals surface area contributed by atoms with E-state index in [9.17, 15) is 19.2 Å². The van der Waals surface area contributed by atoms with Crippen LogP contribution in [0.2, 0.25) is 0 Å². The minimum Gasteiger partial charge on any atom is -0.459 e. The average Bonchev–Trinajstić information content (AvgIpc) is 3.26. The Balaban J connectivity index is 1.46. The van der Waals surface area contributed by atoms with Crippen molar-refractivity contribution in [1.29, 1.82) is 5.26 Å². The zero-order valence-corrected chi connectivity index (χ0v) is 14.9. The van der Waals surface area contributed by atoms with Crippen molar-refractivity contribution >= 4 is 11.5 Å². The molecule has 4 rings (SSSR count). The molecule has 0 aliphatic heterocycles. The van der Waals surface area contributed by atoms with E-state index in [1.165, 1.54) is 24.3 Å². The number of fused-ring (bicyclic) bond motifs is 1. The summed E-state index contributed by atoms with van der Waals surface area (Å²) in [6, 6.07) is 12.7. The number of pyridine rings is 1. The Morgan fingerprint density at radius 1 is 1.24 bits per heavy atom. The third-order valence-electron chi connectivity index (χ3n) is 4.24. The summed E-state index contributed by atoms with van der Waals surface area (Å²) in [5, 5.41) is 13.3. The van der Waals surface area contributed by atoms with Gasteiger partial charge in [0.2, 0.25) is 5.89 Å². The first kappa shape index (κ1) is 18.2. The van der Waals surface area contributed by atoms with Crippen LogP contribution in [0.4, 0.5) is 4.39 Å². The third-order valence-corrected chi connectivity index (χ3v) is 4.24. The van der Waals surface area contributed by atoms with Crippen molar-refractivity contribution < 1.29 is 18.3 Å². The Labute approximate surface area is 163 Å². The van der Waals surface area contributed by atoms with Crippen molar-refractivity contribution in [2.24, 2.45) is 0 Å². The number of ether oxygens (including phenoxy) is 1. The molecule has 144 valence electrons. The first-order valence-electron chi connectivity index (χ1n) is 8.53. The molecule has 8 nitrogen and oxygen atoms in total. The first-order valence-corrected chi connectivity index (χ1v) is 8.53. The molecule has 9 heteroatoms. The van der Waals surface area contributed by atoms with E-state index >= 15 is 0 Å². The van der Waals surface area contributed by atoms with Gasteiger partial charge in [-0.2, -0.15) is 9.94 Å². The summed E-state index contributed by atoms with van der Waals surface area (Å²) in [6.07, 6.45) is 3.49. The maximum absolute atomic E-state index is 13.0. The molecule has 0 aliphatic rings. The topological polar surface area (TPSA) is 103 Å². The minimum absolute atomic E-state index is 0.0340. The van der Waals surface area contributed by atoms with E-state index in [4.69, 9.17) is 9.15 Å². The number of carbonyl (C=O) groups excluding carboxylic acids is 1. The number of hydrogen-bond donors (Lipinski definition) is 0. The zero-order valence-electron chi connectivity index (χ0n) is 14.9. The van der Waals surface area contributed by atoms with Gasteiger partial charge in [-0.3, -0.25) is 4.79 Å². The summed E-state index contributed by atoms with van der Waals surface area (Å²) in [4.78, 5) is 24.1. The molecule has 0 spiro atoms. The highest BCUT2D eigenvalue weighted by Crippen LogP contribution is 2.19. The van der Waals surface area contributed by atoms with Crippen molar-refractivity contribution in [2.45, 2.75) is 13.2 Å². The summed E-state index contributed by atoms with van der Waals surface area (Å²) in [5.74, 6) is -2.03. The molecular weight excluding hydrogens is 379 g/mol. The molecule has 0 atom stereocenters. The van der Waals surface area contributed by atoms with Gasteiger partial charge in [-0.15, -0.1) is 5.10 Å². The quantitative estimate of drug-likeness (QED) is 0.484. The molecule has 0 radical (unpaired) electrons.